The lowest BCUT2D eigenvalue weighted by Crippen LogP contribution is -2.01. The summed E-state index contributed by atoms with van der Waals surface area (Å²) in [5, 5.41) is 9.88. The van der Waals surface area contributed by atoms with Gasteiger partial charge in [0.15, 0.2) is 0 Å². The van der Waals surface area contributed by atoms with Gasteiger partial charge in [0.1, 0.15) is 0 Å². The van der Waals surface area contributed by atoms with E-state index < -0.39 is 16.8 Å². The number of rotatable bonds is 4. The number of carboxylic acids is 1. The highest BCUT2D eigenvalue weighted by atomic mass is 35.5. The third kappa shape index (κ3) is 3.60. The molecule has 0 spiro atoms. The Hall–Kier alpha value is -1.36. The van der Waals surface area contributed by atoms with E-state index in [1.807, 2.05) is 0 Å². The fraction of sp³-hybridized carbons (Fsp3) is 0.0714. The van der Waals surface area contributed by atoms with Crippen LogP contribution in [0.1, 0.15) is 15.9 Å². The third-order valence-corrected chi connectivity index (χ3v) is 4.59. The molecule has 0 heterocycles. The lowest BCUT2D eigenvalue weighted by Gasteiger charge is -2.06. The molecule has 0 aliphatic carbocycles. The Kier molecular flexibility index (Phi) is 4.81. The van der Waals surface area contributed by atoms with Crippen LogP contribution in [0.4, 0.5) is 0 Å². The van der Waals surface area contributed by atoms with Crippen molar-refractivity contribution in [2.24, 2.45) is 0 Å². The minimum Gasteiger partial charge on any atom is -0.478 e. The van der Waals surface area contributed by atoms with E-state index >= 15 is 0 Å². The second kappa shape index (κ2) is 6.39. The highest BCUT2D eigenvalue weighted by molar-refractivity contribution is 7.84. The standard InChI is InChI=1S/C14H10Cl2O3S/c15-11-5-4-10(13(16)7-11)8-20(19)12-3-1-2-9(6-12)14(17)18/h1-7H,8H2,(H,17,18). The zero-order valence-electron chi connectivity index (χ0n) is 10.2. The van der Waals surface area contributed by atoms with Gasteiger partial charge in [0, 0.05) is 14.9 Å². The van der Waals surface area contributed by atoms with Crippen LogP contribution in [-0.2, 0) is 16.6 Å². The van der Waals surface area contributed by atoms with Crippen molar-refractivity contribution < 1.29 is 14.1 Å². The fourth-order valence-electron chi connectivity index (χ4n) is 1.63. The molecule has 2 aromatic carbocycles. The van der Waals surface area contributed by atoms with Gasteiger partial charge in [0.05, 0.1) is 22.1 Å². The fourth-order valence-corrected chi connectivity index (χ4v) is 3.38. The SMILES string of the molecule is O=C(O)c1cccc(S(=O)Cc2ccc(Cl)cc2Cl)c1. The number of hydrogen-bond donors (Lipinski definition) is 1. The molecule has 2 aromatic rings. The average molecular weight is 329 g/mol. The lowest BCUT2D eigenvalue weighted by atomic mass is 10.2. The van der Waals surface area contributed by atoms with Gasteiger partial charge in [-0.05, 0) is 35.9 Å². The molecule has 0 bridgehead atoms. The third-order valence-electron chi connectivity index (χ3n) is 2.65. The van der Waals surface area contributed by atoms with Crippen LogP contribution in [0.2, 0.25) is 10.0 Å². The van der Waals surface area contributed by atoms with Crippen LogP contribution in [0.3, 0.4) is 0 Å². The summed E-state index contributed by atoms with van der Waals surface area (Å²) in [5.41, 5.74) is 0.813. The highest BCUT2D eigenvalue weighted by Gasteiger charge is 2.11. The summed E-state index contributed by atoms with van der Waals surface area (Å²) < 4.78 is 12.3. The summed E-state index contributed by atoms with van der Waals surface area (Å²) >= 11 is 11.8. The Balaban J connectivity index is 2.24. The normalized spacial score (nSPS) is 12.1. The summed E-state index contributed by atoms with van der Waals surface area (Å²) in [7, 11) is -1.37. The van der Waals surface area contributed by atoms with Crippen molar-refractivity contribution in [3.8, 4) is 0 Å². The molecule has 20 heavy (non-hydrogen) atoms. The van der Waals surface area contributed by atoms with E-state index in [0.29, 0.717) is 20.5 Å². The van der Waals surface area contributed by atoms with Gasteiger partial charge in [-0.15, -0.1) is 0 Å². The van der Waals surface area contributed by atoms with E-state index in [1.165, 1.54) is 12.1 Å². The van der Waals surface area contributed by atoms with Crippen LogP contribution in [-0.4, -0.2) is 15.3 Å². The van der Waals surface area contributed by atoms with Crippen molar-refractivity contribution in [2.75, 3.05) is 0 Å². The van der Waals surface area contributed by atoms with Crippen molar-refractivity contribution in [3.05, 3.63) is 63.6 Å². The second-order valence-corrected chi connectivity index (χ2v) is 6.35. The van der Waals surface area contributed by atoms with Crippen LogP contribution in [0, 0.1) is 0 Å². The molecule has 1 atom stereocenters. The number of hydrogen-bond acceptors (Lipinski definition) is 2. The van der Waals surface area contributed by atoms with Crippen molar-refractivity contribution >= 4 is 40.0 Å². The Morgan fingerprint density at radius 2 is 1.90 bits per heavy atom. The summed E-state index contributed by atoms with van der Waals surface area (Å²) in [6, 6.07) is 11.0. The minimum atomic E-state index is -1.37. The molecule has 3 nitrogen and oxygen atoms in total. The minimum absolute atomic E-state index is 0.109. The first-order chi connectivity index (χ1) is 9.47. The monoisotopic (exact) mass is 328 g/mol. The molecule has 0 aromatic heterocycles. The van der Waals surface area contributed by atoms with Crippen molar-refractivity contribution in [1.29, 1.82) is 0 Å². The number of halogens is 2. The van der Waals surface area contributed by atoms with E-state index in [2.05, 4.69) is 0 Å². The summed E-state index contributed by atoms with van der Waals surface area (Å²) in [5.74, 6) is -0.840. The molecule has 1 N–H and O–H groups in total. The predicted molar refractivity (Wildman–Crippen MR) is 80.0 cm³/mol. The van der Waals surface area contributed by atoms with Gasteiger partial charge >= 0.3 is 5.97 Å². The smallest absolute Gasteiger partial charge is 0.335 e. The first kappa shape index (κ1) is 15.0. The number of carboxylic acid groups (broad SMARTS) is 1. The molecule has 1 unspecified atom stereocenters. The number of benzene rings is 2. The van der Waals surface area contributed by atoms with Gasteiger partial charge in [-0.2, -0.15) is 0 Å². The van der Waals surface area contributed by atoms with E-state index in [4.69, 9.17) is 28.3 Å². The average Bonchev–Trinajstić information content (AvgIpc) is 2.42. The van der Waals surface area contributed by atoms with Crippen LogP contribution >= 0.6 is 23.2 Å². The Bertz CT molecular complexity index is 686. The molecule has 0 fully saturated rings. The molecular formula is C14H10Cl2O3S. The summed E-state index contributed by atoms with van der Waals surface area (Å²) in [6.07, 6.45) is 0. The molecule has 104 valence electrons. The molecule has 0 saturated heterocycles. The maximum Gasteiger partial charge on any atom is 0.335 e. The maximum absolute atomic E-state index is 12.3. The van der Waals surface area contributed by atoms with E-state index in [0.717, 1.165) is 0 Å². The van der Waals surface area contributed by atoms with Crippen LogP contribution in [0.5, 0.6) is 0 Å². The van der Waals surface area contributed by atoms with Gasteiger partial charge in [-0.25, -0.2) is 4.79 Å². The first-order valence-corrected chi connectivity index (χ1v) is 7.70. The molecule has 6 heteroatoms. The number of aromatic carboxylic acids is 1. The lowest BCUT2D eigenvalue weighted by molar-refractivity contribution is 0.0696. The van der Waals surface area contributed by atoms with E-state index in [1.54, 1.807) is 30.3 Å². The maximum atomic E-state index is 12.3. The van der Waals surface area contributed by atoms with Gasteiger partial charge < -0.3 is 5.11 Å². The topological polar surface area (TPSA) is 54.4 Å². The second-order valence-electron chi connectivity index (χ2n) is 4.06. The molecule has 0 amide bonds. The van der Waals surface area contributed by atoms with Crippen molar-refractivity contribution in [2.45, 2.75) is 10.6 Å². The van der Waals surface area contributed by atoms with Gasteiger partial charge in [-0.1, -0.05) is 35.3 Å². The zero-order chi connectivity index (χ0) is 14.7. The Morgan fingerprint density at radius 1 is 1.15 bits per heavy atom. The summed E-state index contributed by atoms with van der Waals surface area (Å²) in [6.45, 7) is 0. The summed E-state index contributed by atoms with van der Waals surface area (Å²) in [4.78, 5) is 11.3. The van der Waals surface area contributed by atoms with E-state index in [-0.39, 0.29) is 11.3 Å². The van der Waals surface area contributed by atoms with E-state index in [9.17, 15) is 9.00 Å². The first-order valence-electron chi connectivity index (χ1n) is 5.63. The molecular weight excluding hydrogens is 319 g/mol. The molecule has 0 aliphatic heterocycles. The van der Waals surface area contributed by atoms with Gasteiger partial charge in [-0.3, -0.25) is 4.21 Å². The van der Waals surface area contributed by atoms with Gasteiger partial charge in [0.25, 0.3) is 0 Å². The zero-order valence-corrected chi connectivity index (χ0v) is 12.5. The Morgan fingerprint density at radius 3 is 2.55 bits per heavy atom. The van der Waals surface area contributed by atoms with Gasteiger partial charge in [0.2, 0.25) is 0 Å². The molecule has 0 aliphatic rings. The predicted octanol–water partition coefficient (Wildman–Crippen LogP) is 4.00. The van der Waals surface area contributed by atoms with Crippen LogP contribution in [0.15, 0.2) is 47.4 Å². The van der Waals surface area contributed by atoms with Crippen molar-refractivity contribution in [3.63, 3.8) is 0 Å². The van der Waals surface area contributed by atoms with Crippen LogP contribution in [0.25, 0.3) is 0 Å². The van der Waals surface area contributed by atoms with Crippen LogP contribution < -0.4 is 0 Å². The Labute approximate surface area is 128 Å². The quantitative estimate of drug-likeness (QED) is 0.922. The number of carbonyl (C=O) groups is 1. The largest absolute Gasteiger partial charge is 0.478 e. The van der Waals surface area contributed by atoms with Crippen molar-refractivity contribution in [1.82, 2.24) is 0 Å². The molecule has 2 rings (SSSR count). The molecule has 0 saturated carbocycles. The highest BCUT2D eigenvalue weighted by Crippen LogP contribution is 2.24. The molecule has 0 radical (unpaired) electrons.